The minimum atomic E-state index is -0.299. The molecule has 148 valence electrons. The van der Waals surface area contributed by atoms with E-state index in [4.69, 9.17) is 4.74 Å². The molecule has 28 heavy (non-hydrogen) atoms. The Balaban J connectivity index is 1.73. The molecule has 2 amide bonds. The van der Waals surface area contributed by atoms with Gasteiger partial charge in [-0.05, 0) is 24.1 Å². The molecule has 0 radical (unpaired) electrons. The summed E-state index contributed by atoms with van der Waals surface area (Å²) in [5.41, 5.74) is 2.39. The van der Waals surface area contributed by atoms with E-state index in [0.29, 0.717) is 36.8 Å². The maximum atomic E-state index is 12.8. The summed E-state index contributed by atoms with van der Waals surface area (Å²) in [5, 5.41) is 5.78. The fourth-order valence-electron chi connectivity index (χ4n) is 2.94. The lowest BCUT2D eigenvalue weighted by Crippen LogP contribution is -2.36. The number of amides is 2. The first kappa shape index (κ1) is 19.8. The zero-order valence-electron chi connectivity index (χ0n) is 16.3. The van der Waals surface area contributed by atoms with Crippen molar-refractivity contribution in [3.05, 3.63) is 53.9 Å². The molecular formula is C21H26N4O3. The second-order valence-corrected chi connectivity index (χ2v) is 7.14. The lowest BCUT2D eigenvalue weighted by molar-refractivity contribution is 0.0948. The molecule has 0 spiro atoms. The average molecular weight is 382 g/mol. The monoisotopic (exact) mass is 382 g/mol. The van der Waals surface area contributed by atoms with E-state index >= 15 is 0 Å². The molecule has 0 unspecified atom stereocenters. The van der Waals surface area contributed by atoms with Gasteiger partial charge in [0.1, 0.15) is 0 Å². The summed E-state index contributed by atoms with van der Waals surface area (Å²) in [6.45, 7) is 7.50. The van der Waals surface area contributed by atoms with Crippen LogP contribution in [0.15, 0.2) is 42.7 Å². The summed E-state index contributed by atoms with van der Waals surface area (Å²) in [6, 6.07) is 9.24. The average Bonchev–Trinajstić information content (AvgIpc) is 2.73. The Kier molecular flexibility index (Phi) is 6.60. The van der Waals surface area contributed by atoms with Gasteiger partial charge < -0.3 is 20.3 Å². The highest BCUT2D eigenvalue weighted by Gasteiger charge is 2.17. The first-order valence-corrected chi connectivity index (χ1v) is 9.51. The topological polar surface area (TPSA) is 83.6 Å². The number of benzene rings is 1. The van der Waals surface area contributed by atoms with Gasteiger partial charge >= 0.3 is 0 Å². The molecule has 7 heteroatoms. The number of ether oxygens (including phenoxy) is 1. The van der Waals surface area contributed by atoms with Gasteiger partial charge in [-0.1, -0.05) is 26.0 Å². The highest BCUT2D eigenvalue weighted by atomic mass is 16.5. The van der Waals surface area contributed by atoms with Crippen LogP contribution in [-0.2, 0) is 4.74 Å². The quantitative estimate of drug-likeness (QED) is 0.802. The number of nitrogens with one attached hydrogen (secondary N) is 2. The van der Waals surface area contributed by atoms with Gasteiger partial charge in [-0.25, -0.2) is 0 Å². The number of carbonyl (C=O) groups excluding carboxylic acids is 2. The molecule has 0 bridgehead atoms. The maximum absolute atomic E-state index is 12.8. The van der Waals surface area contributed by atoms with Crippen molar-refractivity contribution >= 4 is 23.2 Å². The zero-order valence-corrected chi connectivity index (χ0v) is 16.3. The van der Waals surface area contributed by atoms with Gasteiger partial charge in [-0.2, -0.15) is 0 Å². The van der Waals surface area contributed by atoms with Crippen LogP contribution in [0.3, 0.4) is 0 Å². The third-order valence-electron chi connectivity index (χ3n) is 4.44. The summed E-state index contributed by atoms with van der Waals surface area (Å²) < 4.78 is 5.41. The van der Waals surface area contributed by atoms with E-state index in [1.54, 1.807) is 6.07 Å². The van der Waals surface area contributed by atoms with Gasteiger partial charge in [0.2, 0.25) is 0 Å². The summed E-state index contributed by atoms with van der Waals surface area (Å²) in [6.07, 6.45) is 2.93. The Morgan fingerprint density at radius 2 is 1.79 bits per heavy atom. The predicted octanol–water partition coefficient (Wildman–Crippen LogP) is 2.56. The fraction of sp³-hybridized carbons (Fsp3) is 0.381. The van der Waals surface area contributed by atoms with Crippen LogP contribution in [0, 0.1) is 5.92 Å². The summed E-state index contributed by atoms with van der Waals surface area (Å²) >= 11 is 0. The summed E-state index contributed by atoms with van der Waals surface area (Å²) in [5.74, 6) is -0.184. The van der Waals surface area contributed by atoms with Crippen molar-refractivity contribution in [2.24, 2.45) is 5.92 Å². The lowest BCUT2D eigenvalue weighted by Gasteiger charge is -2.30. The minimum Gasteiger partial charge on any atom is -0.378 e. The van der Waals surface area contributed by atoms with E-state index < -0.39 is 0 Å². The van der Waals surface area contributed by atoms with Crippen LogP contribution in [0.2, 0.25) is 0 Å². The molecule has 1 aromatic carbocycles. The summed E-state index contributed by atoms with van der Waals surface area (Å²) in [7, 11) is 0. The van der Waals surface area contributed by atoms with E-state index in [0.717, 1.165) is 24.5 Å². The Labute approximate surface area is 165 Å². The van der Waals surface area contributed by atoms with E-state index in [-0.39, 0.29) is 11.8 Å². The number of aromatic nitrogens is 1. The number of rotatable bonds is 6. The highest BCUT2D eigenvalue weighted by molar-refractivity contribution is 6.07. The Morgan fingerprint density at radius 1 is 1.11 bits per heavy atom. The molecule has 2 N–H and O–H groups in total. The SMILES string of the molecule is CC(C)CNC(=O)c1cncc(C(=O)Nc2ccccc2N2CCOCC2)c1. The largest absolute Gasteiger partial charge is 0.378 e. The van der Waals surface area contributed by atoms with Crippen molar-refractivity contribution in [3.8, 4) is 0 Å². The molecule has 1 aromatic heterocycles. The van der Waals surface area contributed by atoms with Crippen LogP contribution in [-0.4, -0.2) is 49.6 Å². The number of para-hydroxylation sites is 2. The van der Waals surface area contributed by atoms with E-state index in [9.17, 15) is 9.59 Å². The molecule has 2 aromatic rings. The van der Waals surface area contributed by atoms with Crippen molar-refractivity contribution in [3.63, 3.8) is 0 Å². The molecule has 1 saturated heterocycles. The Hall–Kier alpha value is -2.93. The Morgan fingerprint density at radius 3 is 2.50 bits per heavy atom. The van der Waals surface area contributed by atoms with Gasteiger partial charge in [0.25, 0.3) is 11.8 Å². The maximum Gasteiger partial charge on any atom is 0.257 e. The smallest absolute Gasteiger partial charge is 0.257 e. The standard InChI is InChI=1S/C21H26N4O3/c1-15(2)12-23-20(26)16-11-17(14-22-13-16)21(27)24-18-5-3-4-6-19(18)25-7-9-28-10-8-25/h3-6,11,13-15H,7-10,12H2,1-2H3,(H,23,26)(H,24,27). The molecule has 7 nitrogen and oxygen atoms in total. The second-order valence-electron chi connectivity index (χ2n) is 7.14. The number of hydrogen-bond acceptors (Lipinski definition) is 5. The minimum absolute atomic E-state index is 0.232. The second kappa shape index (κ2) is 9.32. The van der Waals surface area contributed by atoms with Crippen molar-refractivity contribution in [2.75, 3.05) is 43.1 Å². The van der Waals surface area contributed by atoms with Crippen LogP contribution >= 0.6 is 0 Å². The van der Waals surface area contributed by atoms with Crippen LogP contribution in [0.5, 0.6) is 0 Å². The van der Waals surface area contributed by atoms with Gasteiger partial charge in [-0.15, -0.1) is 0 Å². The van der Waals surface area contributed by atoms with Gasteiger partial charge in [0.05, 0.1) is 35.7 Å². The number of carbonyl (C=O) groups is 2. The third-order valence-corrected chi connectivity index (χ3v) is 4.44. The molecule has 1 fully saturated rings. The molecule has 0 saturated carbocycles. The fourth-order valence-corrected chi connectivity index (χ4v) is 2.94. The van der Waals surface area contributed by atoms with Crippen LogP contribution < -0.4 is 15.5 Å². The molecule has 0 atom stereocenters. The number of hydrogen-bond donors (Lipinski definition) is 2. The van der Waals surface area contributed by atoms with Crippen molar-refractivity contribution in [2.45, 2.75) is 13.8 Å². The van der Waals surface area contributed by atoms with Crippen LogP contribution in [0.4, 0.5) is 11.4 Å². The van der Waals surface area contributed by atoms with Gasteiger partial charge in [0, 0.05) is 32.0 Å². The molecule has 1 aliphatic rings. The highest BCUT2D eigenvalue weighted by Crippen LogP contribution is 2.26. The van der Waals surface area contributed by atoms with E-state index in [1.165, 1.54) is 12.4 Å². The number of nitrogens with zero attached hydrogens (tertiary/aromatic N) is 2. The molecule has 3 rings (SSSR count). The lowest BCUT2D eigenvalue weighted by atomic mass is 10.1. The number of pyridine rings is 1. The normalized spacial score (nSPS) is 14.0. The Bertz CT molecular complexity index is 832. The van der Waals surface area contributed by atoms with Crippen LogP contribution in [0.25, 0.3) is 0 Å². The molecule has 1 aliphatic heterocycles. The molecule has 2 heterocycles. The van der Waals surface area contributed by atoms with Crippen molar-refractivity contribution in [1.29, 1.82) is 0 Å². The van der Waals surface area contributed by atoms with Crippen molar-refractivity contribution < 1.29 is 14.3 Å². The zero-order chi connectivity index (χ0) is 19.9. The van der Waals surface area contributed by atoms with Crippen LogP contribution in [0.1, 0.15) is 34.6 Å². The first-order valence-electron chi connectivity index (χ1n) is 9.51. The third kappa shape index (κ3) is 5.07. The predicted molar refractivity (Wildman–Crippen MR) is 109 cm³/mol. The van der Waals surface area contributed by atoms with Gasteiger partial charge in [-0.3, -0.25) is 14.6 Å². The van der Waals surface area contributed by atoms with E-state index in [2.05, 4.69) is 20.5 Å². The number of morpholine rings is 1. The molecular weight excluding hydrogens is 356 g/mol. The van der Waals surface area contributed by atoms with E-state index in [1.807, 2.05) is 38.1 Å². The number of anilines is 2. The first-order chi connectivity index (χ1) is 13.5. The van der Waals surface area contributed by atoms with Crippen molar-refractivity contribution in [1.82, 2.24) is 10.3 Å². The summed E-state index contributed by atoms with van der Waals surface area (Å²) in [4.78, 5) is 31.3. The van der Waals surface area contributed by atoms with Gasteiger partial charge in [0.15, 0.2) is 0 Å². The molecule has 0 aliphatic carbocycles.